The number of hydrogen-bond acceptors (Lipinski definition) is 4. The maximum absolute atomic E-state index is 13.8. The molecular weight excluding hydrogens is 329 g/mol. The van der Waals surface area contributed by atoms with E-state index in [0.717, 1.165) is 43.1 Å². The molecule has 3 rings (SSSR count). The molecule has 1 N–H and O–H groups in total. The fraction of sp³-hybridized carbons (Fsp3) is 0.286. The van der Waals surface area contributed by atoms with E-state index in [1.807, 2.05) is 0 Å². The number of benzene rings is 1. The van der Waals surface area contributed by atoms with Crippen molar-refractivity contribution in [1.82, 2.24) is 9.97 Å². The fourth-order valence-electron chi connectivity index (χ4n) is 2.42. The lowest BCUT2D eigenvalue weighted by Crippen LogP contribution is -2.18. The molecule has 0 spiro atoms. The lowest BCUT2D eigenvalue weighted by atomic mass is 10.0. The number of sulfonamides is 1. The Kier molecular flexibility index (Phi) is 4.01. The van der Waals surface area contributed by atoms with E-state index < -0.39 is 20.7 Å². The number of nitrogens with zero attached hydrogens (tertiary/aromatic N) is 2. The minimum atomic E-state index is -4.16. The number of hydrogen-bond donors (Lipinski definition) is 1. The van der Waals surface area contributed by atoms with Crippen molar-refractivity contribution in [3.8, 4) is 0 Å². The van der Waals surface area contributed by atoms with E-state index in [1.165, 1.54) is 18.3 Å². The van der Waals surface area contributed by atoms with Crippen molar-refractivity contribution in [2.24, 2.45) is 0 Å². The Hall–Kier alpha value is -1.73. The van der Waals surface area contributed by atoms with Crippen LogP contribution < -0.4 is 4.72 Å². The Morgan fingerprint density at radius 1 is 1.18 bits per heavy atom. The predicted octanol–water partition coefficient (Wildman–Crippen LogP) is 2.95. The monoisotopic (exact) mass is 341 g/mol. The molecule has 0 unspecified atom stereocenters. The Morgan fingerprint density at radius 2 is 1.91 bits per heavy atom. The second-order valence-corrected chi connectivity index (χ2v) is 7.04. The van der Waals surface area contributed by atoms with E-state index in [4.69, 9.17) is 11.6 Å². The van der Waals surface area contributed by atoms with E-state index in [-0.39, 0.29) is 10.8 Å². The van der Waals surface area contributed by atoms with Gasteiger partial charge in [0.25, 0.3) is 10.0 Å². The molecule has 1 aromatic carbocycles. The molecule has 0 fully saturated rings. The molecule has 0 saturated carbocycles. The maximum atomic E-state index is 13.8. The van der Waals surface area contributed by atoms with Crippen LogP contribution in [0.5, 0.6) is 0 Å². The topological polar surface area (TPSA) is 72.0 Å². The molecule has 1 heterocycles. The van der Waals surface area contributed by atoms with Crippen LogP contribution in [0.25, 0.3) is 0 Å². The Balaban J connectivity index is 1.95. The van der Waals surface area contributed by atoms with Gasteiger partial charge in [0.05, 0.1) is 22.6 Å². The van der Waals surface area contributed by atoms with Crippen LogP contribution in [0.2, 0.25) is 5.02 Å². The first kappa shape index (κ1) is 15.2. The lowest BCUT2D eigenvalue weighted by molar-refractivity contribution is 0.570. The van der Waals surface area contributed by atoms with E-state index in [1.54, 1.807) is 0 Å². The first-order valence-corrected chi connectivity index (χ1v) is 8.65. The van der Waals surface area contributed by atoms with Crippen LogP contribution in [0.4, 0.5) is 10.2 Å². The highest BCUT2D eigenvalue weighted by molar-refractivity contribution is 7.92. The summed E-state index contributed by atoms with van der Waals surface area (Å²) in [5.41, 5.74) is 1.67. The van der Waals surface area contributed by atoms with Crippen molar-refractivity contribution < 1.29 is 12.8 Å². The van der Waals surface area contributed by atoms with Gasteiger partial charge in [-0.25, -0.2) is 17.8 Å². The summed E-state index contributed by atoms with van der Waals surface area (Å²) >= 11 is 5.80. The summed E-state index contributed by atoms with van der Waals surface area (Å²) in [5, 5.41) is -0.182. The molecule has 8 heteroatoms. The van der Waals surface area contributed by atoms with Gasteiger partial charge in [-0.15, -0.1) is 0 Å². The average molecular weight is 342 g/mol. The zero-order valence-electron chi connectivity index (χ0n) is 11.5. The van der Waals surface area contributed by atoms with Crippen molar-refractivity contribution in [1.29, 1.82) is 0 Å². The van der Waals surface area contributed by atoms with Crippen molar-refractivity contribution in [2.75, 3.05) is 4.72 Å². The number of halogens is 2. The first-order valence-electron chi connectivity index (χ1n) is 6.79. The second kappa shape index (κ2) is 5.81. The van der Waals surface area contributed by atoms with Crippen molar-refractivity contribution in [3.63, 3.8) is 0 Å². The fourth-order valence-corrected chi connectivity index (χ4v) is 4.02. The molecule has 116 valence electrons. The number of aryl methyl sites for hydroxylation is 2. The summed E-state index contributed by atoms with van der Waals surface area (Å²) in [6, 6.07) is 3.70. The highest BCUT2D eigenvalue weighted by Gasteiger charge is 2.24. The molecule has 1 aromatic heterocycles. The average Bonchev–Trinajstić information content (AvgIpc) is 2.46. The van der Waals surface area contributed by atoms with Crippen LogP contribution in [-0.4, -0.2) is 18.4 Å². The van der Waals surface area contributed by atoms with Crippen molar-refractivity contribution in [3.05, 3.63) is 46.6 Å². The van der Waals surface area contributed by atoms with Crippen LogP contribution in [0.1, 0.15) is 24.2 Å². The summed E-state index contributed by atoms with van der Waals surface area (Å²) in [7, 11) is -4.16. The lowest BCUT2D eigenvalue weighted by Gasteiger charge is -2.15. The van der Waals surface area contributed by atoms with Gasteiger partial charge in [0, 0.05) is 0 Å². The molecule has 0 aliphatic heterocycles. The number of nitrogens with one attached hydrogen (secondary N) is 1. The van der Waals surface area contributed by atoms with E-state index >= 15 is 0 Å². The van der Waals surface area contributed by atoms with Crippen LogP contribution in [0, 0.1) is 5.82 Å². The highest BCUT2D eigenvalue weighted by Crippen LogP contribution is 2.26. The quantitative estimate of drug-likeness (QED) is 0.931. The smallest absolute Gasteiger partial charge is 0.262 e. The summed E-state index contributed by atoms with van der Waals surface area (Å²) in [6.07, 6.45) is 5.00. The molecular formula is C14H13ClFN3O2S. The standard InChI is InChI=1S/C14H13ClFN3O2S/c15-9-4-3-5-10(16)14(9)22(20,21)19-13-8-17-11-6-1-2-7-12(11)18-13/h3-5,8H,1-2,6-7H2,(H,18,19). The molecule has 5 nitrogen and oxygen atoms in total. The van der Waals surface area contributed by atoms with Gasteiger partial charge >= 0.3 is 0 Å². The summed E-state index contributed by atoms with van der Waals surface area (Å²) < 4.78 is 40.6. The third-order valence-electron chi connectivity index (χ3n) is 3.43. The Labute approximate surface area is 132 Å². The van der Waals surface area contributed by atoms with Crippen molar-refractivity contribution in [2.45, 2.75) is 30.6 Å². The van der Waals surface area contributed by atoms with E-state index in [2.05, 4.69) is 14.7 Å². The van der Waals surface area contributed by atoms with Gasteiger partial charge in [0.15, 0.2) is 5.82 Å². The zero-order valence-corrected chi connectivity index (χ0v) is 13.1. The zero-order chi connectivity index (χ0) is 15.7. The SMILES string of the molecule is O=S(=O)(Nc1cnc2c(n1)CCCC2)c1c(F)cccc1Cl. The highest BCUT2D eigenvalue weighted by atomic mass is 35.5. The van der Waals surface area contributed by atoms with E-state index in [9.17, 15) is 12.8 Å². The van der Waals surface area contributed by atoms with Gasteiger partial charge < -0.3 is 0 Å². The number of anilines is 1. The normalized spacial score (nSPS) is 14.5. The molecule has 22 heavy (non-hydrogen) atoms. The maximum Gasteiger partial charge on any atom is 0.267 e. The van der Waals surface area contributed by atoms with Crippen LogP contribution in [-0.2, 0) is 22.9 Å². The molecule has 0 saturated heterocycles. The van der Waals surface area contributed by atoms with Gasteiger partial charge in [-0.1, -0.05) is 17.7 Å². The van der Waals surface area contributed by atoms with Crippen LogP contribution in [0.3, 0.4) is 0 Å². The van der Waals surface area contributed by atoms with Gasteiger partial charge in [-0.2, -0.15) is 0 Å². The number of rotatable bonds is 3. The molecule has 0 bridgehead atoms. The van der Waals surface area contributed by atoms with Crippen molar-refractivity contribution >= 4 is 27.4 Å². The number of aromatic nitrogens is 2. The third-order valence-corrected chi connectivity index (χ3v) is 5.29. The van der Waals surface area contributed by atoms with Gasteiger partial charge in [0.2, 0.25) is 0 Å². The summed E-state index contributed by atoms with van der Waals surface area (Å²) in [4.78, 5) is 7.90. The molecule has 0 atom stereocenters. The summed E-state index contributed by atoms with van der Waals surface area (Å²) in [6.45, 7) is 0. The molecule has 0 amide bonds. The van der Waals surface area contributed by atoms with Gasteiger partial charge in [-0.05, 0) is 37.8 Å². The first-order chi connectivity index (χ1) is 10.5. The largest absolute Gasteiger partial charge is 0.267 e. The van der Waals surface area contributed by atoms with Crippen LogP contribution in [0.15, 0.2) is 29.3 Å². The molecule has 2 aromatic rings. The minimum Gasteiger partial charge on any atom is -0.262 e. The molecule has 0 radical (unpaired) electrons. The third kappa shape index (κ3) is 2.91. The molecule has 1 aliphatic rings. The Morgan fingerprint density at radius 3 is 2.64 bits per heavy atom. The van der Waals surface area contributed by atoms with Gasteiger partial charge in [-0.3, -0.25) is 9.71 Å². The minimum absolute atomic E-state index is 0.0694. The predicted molar refractivity (Wildman–Crippen MR) is 80.9 cm³/mol. The van der Waals surface area contributed by atoms with E-state index in [0.29, 0.717) is 0 Å². The summed E-state index contributed by atoms with van der Waals surface area (Å²) in [5.74, 6) is -0.842. The van der Waals surface area contributed by atoms with Gasteiger partial charge in [0.1, 0.15) is 10.7 Å². The Bertz CT molecular complexity index is 807. The molecule has 1 aliphatic carbocycles. The number of fused-ring (bicyclic) bond motifs is 1. The second-order valence-electron chi connectivity index (χ2n) is 5.01. The van der Waals surface area contributed by atoms with Crippen LogP contribution >= 0.6 is 11.6 Å².